The fourth-order valence-corrected chi connectivity index (χ4v) is 4.55. The third-order valence-corrected chi connectivity index (χ3v) is 6.53. The van der Waals surface area contributed by atoms with E-state index in [4.69, 9.17) is 9.47 Å². The van der Waals surface area contributed by atoms with Crippen LogP contribution >= 0.6 is 0 Å². The van der Waals surface area contributed by atoms with Crippen LogP contribution in [0.3, 0.4) is 0 Å². The monoisotopic (exact) mass is 394 g/mol. The summed E-state index contributed by atoms with van der Waals surface area (Å²) in [5.41, 5.74) is 1.11. The summed E-state index contributed by atoms with van der Waals surface area (Å²) in [6.07, 6.45) is 0. The van der Waals surface area contributed by atoms with Gasteiger partial charge in [0.1, 0.15) is 5.75 Å². The zero-order valence-electron chi connectivity index (χ0n) is 15.4. The molecule has 6 nitrogen and oxygen atoms in total. The average molecular weight is 394 g/mol. The Kier molecular flexibility index (Phi) is 5.98. The molecule has 1 fully saturated rings. The van der Waals surface area contributed by atoms with Gasteiger partial charge in [-0.2, -0.15) is 4.31 Å². The van der Waals surface area contributed by atoms with Crippen molar-refractivity contribution in [3.05, 3.63) is 53.8 Å². The molecule has 0 spiro atoms. The van der Waals surface area contributed by atoms with Crippen LogP contribution in [0.4, 0.5) is 4.39 Å². The van der Waals surface area contributed by atoms with Gasteiger partial charge in [0.05, 0.1) is 19.1 Å². The molecule has 0 atom stereocenters. The third-order valence-electron chi connectivity index (χ3n) is 4.63. The summed E-state index contributed by atoms with van der Waals surface area (Å²) in [5, 5.41) is 0. The predicted molar refractivity (Wildman–Crippen MR) is 100.0 cm³/mol. The van der Waals surface area contributed by atoms with Crippen molar-refractivity contribution in [2.24, 2.45) is 0 Å². The predicted octanol–water partition coefficient (Wildman–Crippen LogP) is 2.35. The molecule has 0 radical (unpaired) electrons. The highest BCUT2D eigenvalue weighted by Crippen LogP contribution is 2.24. The van der Waals surface area contributed by atoms with Crippen molar-refractivity contribution in [2.45, 2.75) is 11.4 Å². The first kappa shape index (κ1) is 19.6. The number of methoxy groups -OCH3 is 2. The molecule has 0 bridgehead atoms. The fraction of sp³-hybridized carbons (Fsp3) is 0.368. The van der Waals surface area contributed by atoms with Crippen LogP contribution in [0.15, 0.2) is 47.4 Å². The number of ether oxygens (including phenoxy) is 2. The normalized spacial score (nSPS) is 16.3. The van der Waals surface area contributed by atoms with E-state index >= 15 is 0 Å². The van der Waals surface area contributed by atoms with Crippen LogP contribution in [0, 0.1) is 5.82 Å². The molecular formula is C19H23FN2O4S. The Morgan fingerprint density at radius 3 is 2.37 bits per heavy atom. The molecule has 0 aliphatic carbocycles. The Labute approximate surface area is 159 Å². The smallest absolute Gasteiger partial charge is 0.243 e. The molecule has 146 valence electrons. The Hall–Kier alpha value is -2.16. The number of piperazine rings is 1. The lowest BCUT2D eigenvalue weighted by Crippen LogP contribution is -2.48. The summed E-state index contributed by atoms with van der Waals surface area (Å²) in [6.45, 7) is 2.66. The van der Waals surface area contributed by atoms with Crippen LogP contribution < -0.4 is 9.47 Å². The van der Waals surface area contributed by atoms with E-state index in [1.807, 2.05) is 24.3 Å². The number of nitrogens with zero attached hydrogens (tertiary/aromatic N) is 2. The van der Waals surface area contributed by atoms with Gasteiger partial charge < -0.3 is 9.47 Å². The van der Waals surface area contributed by atoms with Crippen molar-refractivity contribution in [1.82, 2.24) is 9.21 Å². The minimum absolute atomic E-state index is 0.0251. The summed E-state index contributed by atoms with van der Waals surface area (Å²) in [7, 11) is -0.754. The SMILES string of the molecule is COc1cccc(CN2CCN(S(=O)(=O)c3ccc(OC)c(F)c3)CC2)c1. The quantitative estimate of drug-likeness (QED) is 0.753. The van der Waals surface area contributed by atoms with Gasteiger partial charge in [-0.15, -0.1) is 0 Å². The maximum Gasteiger partial charge on any atom is 0.243 e. The second-order valence-corrected chi connectivity index (χ2v) is 8.27. The summed E-state index contributed by atoms with van der Waals surface area (Å²) in [4.78, 5) is 2.14. The largest absolute Gasteiger partial charge is 0.497 e. The number of sulfonamides is 1. The maximum absolute atomic E-state index is 13.9. The second-order valence-electron chi connectivity index (χ2n) is 6.33. The highest BCUT2D eigenvalue weighted by Gasteiger charge is 2.29. The summed E-state index contributed by atoms with van der Waals surface area (Å²) < 4.78 is 50.9. The molecular weight excluding hydrogens is 371 g/mol. The number of hydrogen-bond donors (Lipinski definition) is 0. The van der Waals surface area contributed by atoms with Gasteiger partial charge >= 0.3 is 0 Å². The van der Waals surface area contributed by atoms with E-state index in [2.05, 4.69) is 4.90 Å². The Morgan fingerprint density at radius 2 is 1.74 bits per heavy atom. The van der Waals surface area contributed by atoms with Crippen molar-refractivity contribution < 1.29 is 22.3 Å². The van der Waals surface area contributed by atoms with Crippen molar-refractivity contribution in [3.63, 3.8) is 0 Å². The van der Waals surface area contributed by atoms with Crippen molar-refractivity contribution >= 4 is 10.0 Å². The first-order chi connectivity index (χ1) is 12.9. The Morgan fingerprint density at radius 1 is 1.00 bits per heavy atom. The number of rotatable bonds is 6. The van der Waals surface area contributed by atoms with Gasteiger partial charge in [-0.05, 0) is 35.9 Å². The van der Waals surface area contributed by atoms with E-state index in [0.717, 1.165) is 23.9 Å². The van der Waals surface area contributed by atoms with E-state index in [9.17, 15) is 12.8 Å². The van der Waals surface area contributed by atoms with Crippen LogP contribution in [0.1, 0.15) is 5.56 Å². The van der Waals surface area contributed by atoms with Gasteiger partial charge in [0, 0.05) is 32.7 Å². The molecule has 1 aliphatic heterocycles. The first-order valence-electron chi connectivity index (χ1n) is 8.63. The van der Waals surface area contributed by atoms with Crippen LogP contribution in [0.2, 0.25) is 0 Å². The minimum Gasteiger partial charge on any atom is -0.497 e. The van der Waals surface area contributed by atoms with Gasteiger partial charge in [-0.3, -0.25) is 4.90 Å². The van der Waals surface area contributed by atoms with E-state index in [1.54, 1.807) is 7.11 Å². The van der Waals surface area contributed by atoms with Crippen molar-refractivity contribution in [1.29, 1.82) is 0 Å². The molecule has 27 heavy (non-hydrogen) atoms. The van der Waals surface area contributed by atoms with Crippen molar-refractivity contribution in [2.75, 3.05) is 40.4 Å². The summed E-state index contributed by atoms with van der Waals surface area (Å²) in [5.74, 6) is 0.141. The van der Waals surface area contributed by atoms with Gasteiger partial charge in [-0.1, -0.05) is 12.1 Å². The molecule has 0 saturated carbocycles. The van der Waals surface area contributed by atoms with Gasteiger partial charge in [0.15, 0.2) is 11.6 Å². The summed E-state index contributed by atoms with van der Waals surface area (Å²) >= 11 is 0. The van der Waals surface area contributed by atoms with Gasteiger partial charge in [0.25, 0.3) is 0 Å². The molecule has 3 rings (SSSR count). The number of halogens is 1. The molecule has 2 aromatic rings. The molecule has 1 saturated heterocycles. The van der Waals surface area contributed by atoms with Crippen LogP contribution in [0.5, 0.6) is 11.5 Å². The Balaban J connectivity index is 1.64. The first-order valence-corrected chi connectivity index (χ1v) is 10.1. The Bertz CT molecular complexity index is 896. The molecule has 1 aliphatic rings. The highest BCUT2D eigenvalue weighted by molar-refractivity contribution is 7.89. The zero-order chi connectivity index (χ0) is 19.4. The van der Waals surface area contributed by atoms with E-state index < -0.39 is 15.8 Å². The third kappa shape index (κ3) is 4.40. The topological polar surface area (TPSA) is 59.1 Å². The zero-order valence-corrected chi connectivity index (χ0v) is 16.2. The fourth-order valence-electron chi connectivity index (χ4n) is 3.11. The highest BCUT2D eigenvalue weighted by atomic mass is 32.2. The lowest BCUT2D eigenvalue weighted by molar-refractivity contribution is 0.181. The number of hydrogen-bond acceptors (Lipinski definition) is 5. The van der Waals surface area contributed by atoms with E-state index in [-0.39, 0.29) is 10.6 Å². The van der Waals surface area contributed by atoms with Crippen LogP contribution in [0.25, 0.3) is 0 Å². The second kappa shape index (κ2) is 8.24. The summed E-state index contributed by atoms with van der Waals surface area (Å²) in [6, 6.07) is 11.5. The molecule has 2 aromatic carbocycles. The molecule has 0 N–H and O–H groups in total. The van der Waals surface area contributed by atoms with Gasteiger partial charge in [0.2, 0.25) is 10.0 Å². The average Bonchev–Trinajstić information content (AvgIpc) is 2.68. The van der Waals surface area contributed by atoms with Crippen LogP contribution in [-0.4, -0.2) is 58.0 Å². The van der Waals surface area contributed by atoms with E-state index in [1.165, 1.54) is 23.5 Å². The molecule has 0 aromatic heterocycles. The van der Waals surface area contributed by atoms with E-state index in [0.29, 0.717) is 26.2 Å². The molecule has 0 unspecified atom stereocenters. The minimum atomic E-state index is -3.73. The molecule has 8 heteroatoms. The van der Waals surface area contributed by atoms with Gasteiger partial charge in [-0.25, -0.2) is 12.8 Å². The van der Waals surface area contributed by atoms with Crippen LogP contribution in [-0.2, 0) is 16.6 Å². The maximum atomic E-state index is 13.9. The number of benzene rings is 2. The standard InChI is InChI=1S/C19H23FN2O4S/c1-25-16-5-3-4-15(12-16)14-21-8-10-22(11-9-21)27(23,24)17-6-7-19(26-2)18(20)13-17/h3-7,12-13H,8-11,14H2,1-2H3. The molecule has 0 amide bonds. The molecule has 1 heterocycles. The lowest BCUT2D eigenvalue weighted by Gasteiger charge is -2.34. The van der Waals surface area contributed by atoms with Crippen molar-refractivity contribution in [3.8, 4) is 11.5 Å². The lowest BCUT2D eigenvalue weighted by atomic mass is 10.2.